The lowest BCUT2D eigenvalue weighted by molar-refractivity contribution is -0.119. The van der Waals surface area contributed by atoms with Crippen LogP contribution in [-0.2, 0) is 11.2 Å². The number of hydrogen-bond acceptors (Lipinski definition) is 3. The molecular weight excluding hydrogens is 338 g/mol. The molecule has 2 aliphatic rings. The summed E-state index contributed by atoms with van der Waals surface area (Å²) >= 11 is 0. The maximum absolute atomic E-state index is 11.3. The molecule has 3 rings (SSSR count). The van der Waals surface area contributed by atoms with E-state index in [2.05, 4.69) is 53.2 Å². The van der Waals surface area contributed by atoms with Gasteiger partial charge >= 0.3 is 0 Å². The summed E-state index contributed by atoms with van der Waals surface area (Å²) in [6, 6.07) is 9.20. The molecule has 1 amide bonds. The summed E-state index contributed by atoms with van der Waals surface area (Å²) in [5.41, 5.74) is 8.18. The van der Waals surface area contributed by atoms with Crippen molar-refractivity contribution in [1.82, 2.24) is 10.2 Å². The Hall–Kier alpha value is -2.24. The predicted octanol–water partition coefficient (Wildman–Crippen LogP) is 1.99. The van der Waals surface area contributed by atoms with E-state index in [0.29, 0.717) is 18.4 Å². The highest BCUT2D eigenvalue weighted by Crippen LogP contribution is 2.31. The lowest BCUT2D eigenvalue weighted by atomic mass is 9.95. The highest BCUT2D eigenvalue weighted by atomic mass is 16.1. The van der Waals surface area contributed by atoms with Crippen LogP contribution >= 0.6 is 0 Å². The van der Waals surface area contributed by atoms with E-state index in [1.54, 1.807) is 0 Å². The van der Waals surface area contributed by atoms with Crippen LogP contribution in [0, 0.1) is 5.92 Å². The number of carbonyl (C=O) groups is 1. The van der Waals surface area contributed by atoms with Crippen molar-refractivity contribution in [2.45, 2.75) is 45.6 Å². The number of amides is 1. The molecule has 6 nitrogen and oxygen atoms in total. The standard InChI is InChI=1S/C21H33N5O/c1-3-23-21(25-11-6-7-17(15-25)14-20(22)27)24-10-12-26-16(2)13-18-8-4-5-9-19(18)26/h4-5,8-9,16-17H,3,6-7,10-15H2,1-2H3,(H2,22,27)(H,23,24). The number of fused-ring (bicyclic) bond motifs is 1. The van der Waals surface area contributed by atoms with Crippen LogP contribution in [-0.4, -0.2) is 55.5 Å². The zero-order valence-corrected chi connectivity index (χ0v) is 16.7. The van der Waals surface area contributed by atoms with Gasteiger partial charge in [0, 0.05) is 44.3 Å². The Morgan fingerprint density at radius 3 is 2.96 bits per heavy atom. The largest absolute Gasteiger partial charge is 0.370 e. The molecule has 3 N–H and O–H groups in total. The number of anilines is 1. The van der Waals surface area contributed by atoms with Gasteiger partial charge in [-0.2, -0.15) is 0 Å². The molecule has 0 spiro atoms. The fourth-order valence-electron chi connectivity index (χ4n) is 4.37. The summed E-state index contributed by atoms with van der Waals surface area (Å²) in [6.45, 7) is 8.76. The van der Waals surface area contributed by atoms with Crippen molar-refractivity contribution in [2.24, 2.45) is 16.6 Å². The number of hydrogen-bond donors (Lipinski definition) is 2. The fourth-order valence-corrected chi connectivity index (χ4v) is 4.37. The molecule has 0 radical (unpaired) electrons. The van der Waals surface area contributed by atoms with E-state index < -0.39 is 0 Å². The topological polar surface area (TPSA) is 74.0 Å². The van der Waals surface area contributed by atoms with Gasteiger partial charge in [-0.25, -0.2) is 0 Å². The summed E-state index contributed by atoms with van der Waals surface area (Å²) in [5.74, 6) is 1.10. The molecule has 148 valence electrons. The molecule has 0 aromatic heterocycles. The molecule has 2 aliphatic heterocycles. The summed E-state index contributed by atoms with van der Waals surface area (Å²) in [4.78, 5) is 20.9. The zero-order chi connectivity index (χ0) is 19.2. The second kappa shape index (κ2) is 9.11. The Kier molecular flexibility index (Phi) is 6.58. The lowest BCUT2D eigenvalue weighted by Gasteiger charge is -2.35. The van der Waals surface area contributed by atoms with E-state index in [-0.39, 0.29) is 5.91 Å². The average Bonchev–Trinajstić information content (AvgIpc) is 2.96. The van der Waals surface area contributed by atoms with Gasteiger partial charge in [0.15, 0.2) is 5.96 Å². The molecule has 0 aliphatic carbocycles. The number of primary amides is 1. The van der Waals surface area contributed by atoms with Crippen LogP contribution in [0.3, 0.4) is 0 Å². The van der Waals surface area contributed by atoms with Crippen molar-refractivity contribution in [3.8, 4) is 0 Å². The molecule has 2 heterocycles. The third kappa shape index (κ3) is 4.93. The summed E-state index contributed by atoms with van der Waals surface area (Å²) < 4.78 is 0. The molecule has 2 atom stereocenters. The normalized spacial score (nSPS) is 22.7. The zero-order valence-electron chi connectivity index (χ0n) is 16.7. The summed E-state index contributed by atoms with van der Waals surface area (Å²) in [7, 11) is 0. The van der Waals surface area contributed by atoms with E-state index in [1.165, 1.54) is 11.3 Å². The molecule has 1 fully saturated rings. The van der Waals surface area contributed by atoms with Gasteiger partial charge in [0.1, 0.15) is 0 Å². The quantitative estimate of drug-likeness (QED) is 0.592. The first-order valence-corrected chi connectivity index (χ1v) is 10.2. The molecular formula is C21H33N5O. The van der Waals surface area contributed by atoms with Crippen LogP contribution in [0.15, 0.2) is 29.3 Å². The number of para-hydroxylation sites is 1. The highest BCUT2D eigenvalue weighted by molar-refractivity contribution is 5.80. The second-order valence-electron chi connectivity index (χ2n) is 7.74. The van der Waals surface area contributed by atoms with Crippen molar-refractivity contribution in [2.75, 3.05) is 37.6 Å². The molecule has 1 aromatic carbocycles. The number of piperidine rings is 1. The second-order valence-corrected chi connectivity index (χ2v) is 7.74. The van der Waals surface area contributed by atoms with Gasteiger partial charge in [-0.1, -0.05) is 18.2 Å². The van der Waals surface area contributed by atoms with Gasteiger partial charge in [-0.05, 0) is 50.7 Å². The van der Waals surface area contributed by atoms with Crippen LogP contribution in [0.1, 0.15) is 38.7 Å². The minimum atomic E-state index is -0.203. The van der Waals surface area contributed by atoms with E-state index in [1.807, 2.05) is 0 Å². The molecule has 6 heteroatoms. The Labute approximate surface area is 162 Å². The smallest absolute Gasteiger partial charge is 0.217 e. The Bertz CT molecular complexity index is 674. The summed E-state index contributed by atoms with van der Waals surface area (Å²) in [6.07, 6.45) is 3.73. The maximum atomic E-state index is 11.3. The number of nitrogens with zero attached hydrogens (tertiary/aromatic N) is 3. The van der Waals surface area contributed by atoms with Crippen molar-refractivity contribution in [3.05, 3.63) is 29.8 Å². The van der Waals surface area contributed by atoms with E-state index in [4.69, 9.17) is 10.7 Å². The molecule has 27 heavy (non-hydrogen) atoms. The number of aliphatic imine (C=N–C) groups is 1. The van der Waals surface area contributed by atoms with Crippen molar-refractivity contribution in [3.63, 3.8) is 0 Å². The van der Waals surface area contributed by atoms with Gasteiger partial charge in [0.05, 0.1) is 6.54 Å². The van der Waals surface area contributed by atoms with E-state index in [0.717, 1.165) is 57.9 Å². The third-order valence-electron chi connectivity index (χ3n) is 5.59. The van der Waals surface area contributed by atoms with Crippen molar-refractivity contribution >= 4 is 17.6 Å². The van der Waals surface area contributed by atoms with E-state index >= 15 is 0 Å². The maximum Gasteiger partial charge on any atom is 0.217 e. The van der Waals surface area contributed by atoms with Crippen LogP contribution in [0.4, 0.5) is 5.69 Å². The van der Waals surface area contributed by atoms with Crippen LogP contribution in [0.2, 0.25) is 0 Å². The SMILES string of the molecule is CCNC(=NCCN1c2ccccc2CC1C)N1CCCC(CC(N)=O)C1. The number of rotatable bonds is 6. The monoisotopic (exact) mass is 371 g/mol. The van der Waals surface area contributed by atoms with Crippen LogP contribution < -0.4 is 16.0 Å². The van der Waals surface area contributed by atoms with Gasteiger partial charge in [-0.3, -0.25) is 9.79 Å². The number of guanidine groups is 1. The number of benzene rings is 1. The van der Waals surface area contributed by atoms with Crippen LogP contribution in [0.25, 0.3) is 0 Å². The summed E-state index contributed by atoms with van der Waals surface area (Å²) in [5, 5.41) is 3.42. The highest BCUT2D eigenvalue weighted by Gasteiger charge is 2.26. The van der Waals surface area contributed by atoms with Crippen molar-refractivity contribution in [1.29, 1.82) is 0 Å². The number of nitrogens with two attached hydrogens (primary N) is 1. The molecule has 1 aromatic rings. The Morgan fingerprint density at radius 1 is 1.37 bits per heavy atom. The predicted molar refractivity (Wildman–Crippen MR) is 111 cm³/mol. The first kappa shape index (κ1) is 19.5. The number of nitrogens with one attached hydrogen (secondary N) is 1. The molecule has 1 saturated heterocycles. The molecule has 2 unspecified atom stereocenters. The minimum absolute atomic E-state index is 0.203. The van der Waals surface area contributed by atoms with Gasteiger partial charge < -0.3 is 20.9 Å². The Balaban J connectivity index is 1.61. The first-order chi connectivity index (χ1) is 13.1. The van der Waals surface area contributed by atoms with Crippen LogP contribution in [0.5, 0.6) is 0 Å². The first-order valence-electron chi connectivity index (χ1n) is 10.2. The fraction of sp³-hybridized carbons (Fsp3) is 0.619. The number of carbonyl (C=O) groups excluding carboxylic acids is 1. The molecule has 0 bridgehead atoms. The van der Waals surface area contributed by atoms with Gasteiger partial charge in [0.25, 0.3) is 0 Å². The van der Waals surface area contributed by atoms with E-state index in [9.17, 15) is 4.79 Å². The number of likely N-dealkylation sites (tertiary alicyclic amines) is 1. The van der Waals surface area contributed by atoms with Gasteiger partial charge in [0.2, 0.25) is 5.91 Å². The average molecular weight is 372 g/mol. The molecule has 0 saturated carbocycles. The van der Waals surface area contributed by atoms with Crippen molar-refractivity contribution < 1.29 is 4.79 Å². The minimum Gasteiger partial charge on any atom is -0.370 e. The third-order valence-corrected chi connectivity index (χ3v) is 5.59. The lowest BCUT2D eigenvalue weighted by Crippen LogP contribution is -2.47. The van der Waals surface area contributed by atoms with Gasteiger partial charge in [-0.15, -0.1) is 0 Å². The Morgan fingerprint density at radius 2 is 2.19 bits per heavy atom.